The number of benzene rings is 1. The summed E-state index contributed by atoms with van der Waals surface area (Å²) in [6.45, 7) is 0. The zero-order valence-electron chi connectivity index (χ0n) is 6.60. The van der Waals surface area contributed by atoms with Crippen LogP contribution < -0.4 is 10.5 Å². The number of hydrogen-bond acceptors (Lipinski definition) is 3. The van der Waals surface area contributed by atoms with E-state index in [2.05, 4.69) is 5.73 Å². The van der Waals surface area contributed by atoms with Gasteiger partial charge in [-0.2, -0.15) is 8.42 Å². The Morgan fingerprint density at radius 2 is 1.77 bits per heavy atom. The zero-order valence-corrected chi connectivity index (χ0v) is 7.41. The highest BCUT2D eigenvalue weighted by molar-refractivity contribution is 8.07. The van der Waals surface area contributed by atoms with Crippen molar-refractivity contribution in [1.82, 2.24) is 0 Å². The number of carbonyl (C=O) groups is 1. The summed E-state index contributed by atoms with van der Waals surface area (Å²) in [5.74, 6) is 0. The highest BCUT2D eigenvalue weighted by Crippen LogP contribution is 2.07. The lowest BCUT2D eigenvalue weighted by Crippen LogP contribution is -2.28. The van der Waals surface area contributed by atoms with E-state index in [4.69, 9.17) is 0 Å². The van der Waals surface area contributed by atoms with Gasteiger partial charge in [0, 0.05) is 5.69 Å². The van der Waals surface area contributed by atoms with Crippen LogP contribution in [0.5, 0.6) is 0 Å². The maximum absolute atomic E-state index is 10.9. The van der Waals surface area contributed by atoms with Gasteiger partial charge in [0.05, 0.1) is 0 Å². The first-order chi connectivity index (χ1) is 6.02. The van der Waals surface area contributed by atoms with E-state index in [1.807, 2.05) is 4.72 Å². The lowest BCUT2D eigenvalue weighted by Gasteiger charge is -2.02. The molecule has 1 amide bonds. The molecular weight excluding hydrogens is 192 g/mol. The third kappa shape index (κ3) is 2.45. The van der Waals surface area contributed by atoms with Crippen LogP contribution in [0.3, 0.4) is 0 Å². The summed E-state index contributed by atoms with van der Waals surface area (Å²) in [5, 5.41) is -1.39. The molecule has 6 heteroatoms. The molecule has 1 rings (SSSR count). The lowest BCUT2D eigenvalue weighted by atomic mass is 10.3. The molecule has 0 spiro atoms. The van der Waals surface area contributed by atoms with Crippen LogP contribution >= 0.6 is 0 Å². The Morgan fingerprint density at radius 1 is 1.23 bits per heavy atom. The van der Waals surface area contributed by atoms with Gasteiger partial charge in [0.25, 0.3) is 0 Å². The van der Waals surface area contributed by atoms with Crippen LogP contribution in [0.4, 0.5) is 10.5 Å². The number of rotatable bonds is 2. The number of amides is 1. The molecule has 0 heterocycles. The minimum Gasteiger partial charge on any atom is -0.355 e. The number of primary amides is 1. The molecule has 0 atom stereocenters. The molecule has 1 aromatic carbocycles. The van der Waals surface area contributed by atoms with E-state index in [-0.39, 0.29) is 0 Å². The Bertz CT molecular complexity index is 399. The SMILES string of the molecule is NC(=O)S(=O)(=O)Nc1ccccc1. The van der Waals surface area contributed by atoms with Crippen molar-refractivity contribution in [2.45, 2.75) is 0 Å². The van der Waals surface area contributed by atoms with Crippen LogP contribution in [0.15, 0.2) is 30.3 Å². The molecule has 0 aromatic heterocycles. The highest BCUT2D eigenvalue weighted by atomic mass is 32.2. The van der Waals surface area contributed by atoms with Crippen molar-refractivity contribution in [3.8, 4) is 0 Å². The molecule has 0 radical (unpaired) electrons. The monoisotopic (exact) mass is 200 g/mol. The predicted molar refractivity (Wildman–Crippen MR) is 48.6 cm³/mol. The average molecular weight is 200 g/mol. The summed E-state index contributed by atoms with van der Waals surface area (Å²) in [4.78, 5) is 10.4. The van der Waals surface area contributed by atoms with Crippen molar-refractivity contribution >= 4 is 20.9 Å². The smallest absolute Gasteiger partial charge is 0.354 e. The third-order valence-corrected chi connectivity index (χ3v) is 2.33. The van der Waals surface area contributed by atoms with Crippen LogP contribution in [-0.4, -0.2) is 13.7 Å². The number of carbonyl (C=O) groups excluding carboxylic acids is 1. The van der Waals surface area contributed by atoms with Crippen molar-refractivity contribution in [3.63, 3.8) is 0 Å². The molecule has 0 aliphatic heterocycles. The Morgan fingerprint density at radius 3 is 2.23 bits per heavy atom. The molecule has 13 heavy (non-hydrogen) atoms. The lowest BCUT2D eigenvalue weighted by molar-refractivity contribution is 0.265. The van der Waals surface area contributed by atoms with Crippen LogP contribution in [0, 0.1) is 0 Å². The number of para-hydroxylation sites is 1. The second-order valence-corrected chi connectivity index (χ2v) is 3.90. The number of hydrogen-bond donors (Lipinski definition) is 2. The number of nitrogens with one attached hydrogen (secondary N) is 1. The Hall–Kier alpha value is -1.56. The van der Waals surface area contributed by atoms with Gasteiger partial charge in [0.15, 0.2) is 0 Å². The first-order valence-electron chi connectivity index (χ1n) is 3.40. The molecule has 3 N–H and O–H groups in total. The number of nitrogens with two attached hydrogens (primary N) is 1. The molecule has 0 bridgehead atoms. The van der Waals surface area contributed by atoms with Gasteiger partial charge in [-0.15, -0.1) is 0 Å². The number of anilines is 1. The highest BCUT2D eigenvalue weighted by Gasteiger charge is 2.17. The van der Waals surface area contributed by atoms with E-state index in [0.29, 0.717) is 5.69 Å². The largest absolute Gasteiger partial charge is 0.355 e. The van der Waals surface area contributed by atoms with Crippen LogP contribution in [-0.2, 0) is 10.0 Å². The average Bonchev–Trinajstić information content (AvgIpc) is 2.05. The van der Waals surface area contributed by atoms with Gasteiger partial charge in [-0.25, -0.2) is 0 Å². The summed E-state index contributed by atoms with van der Waals surface area (Å²) < 4.78 is 23.8. The zero-order chi connectivity index (χ0) is 9.90. The fourth-order valence-electron chi connectivity index (χ4n) is 0.712. The Kier molecular flexibility index (Phi) is 2.52. The molecule has 0 saturated carbocycles. The van der Waals surface area contributed by atoms with Gasteiger partial charge in [0.2, 0.25) is 0 Å². The van der Waals surface area contributed by atoms with E-state index in [0.717, 1.165) is 0 Å². The summed E-state index contributed by atoms with van der Waals surface area (Å²) in [6, 6.07) is 8.03. The van der Waals surface area contributed by atoms with E-state index in [1.54, 1.807) is 18.2 Å². The summed E-state index contributed by atoms with van der Waals surface area (Å²) in [7, 11) is -4.06. The molecule has 0 aliphatic carbocycles. The summed E-state index contributed by atoms with van der Waals surface area (Å²) in [5.41, 5.74) is 4.94. The van der Waals surface area contributed by atoms with E-state index in [1.165, 1.54) is 12.1 Å². The van der Waals surface area contributed by atoms with Crippen molar-refractivity contribution in [1.29, 1.82) is 0 Å². The maximum atomic E-state index is 10.9. The standard InChI is InChI=1S/C7H8N2O3S/c8-7(10)13(11,12)9-6-4-2-1-3-5-6/h1-5,9H,(H2,8,10). The third-order valence-electron chi connectivity index (χ3n) is 1.29. The molecule has 5 nitrogen and oxygen atoms in total. The van der Waals surface area contributed by atoms with Gasteiger partial charge in [0.1, 0.15) is 0 Å². The number of sulfonamides is 1. The van der Waals surface area contributed by atoms with E-state index in [9.17, 15) is 13.2 Å². The fourth-order valence-corrected chi connectivity index (χ4v) is 1.26. The molecule has 1 aromatic rings. The fraction of sp³-hybridized carbons (Fsp3) is 0. The molecule has 0 aliphatic rings. The second kappa shape index (κ2) is 3.44. The van der Waals surface area contributed by atoms with Gasteiger partial charge >= 0.3 is 15.3 Å². The molecule has 70 valence electrons. The first kappa shape index (κ1) is 9.53. The van der Waals surface area contributed by atoms with Crippen molar-refractivity contribution in [2.75, 3.05) is 4.72 Å². The van der Waals surface area contributed by atoms with Crippen molar-refractivity contribution < 1.29 is 13.2 Å². The quantitative estimate of drug-likeness (QED) is 0.728. The van der Waals surface area contributed by atoms with Crippen molar-refractivity contribution in [2.24, 2.45) is 5.73 Å². The van der Waals surface area contributed by atoms with E-state index >= 15 is 0 Å². The minimum absolute atomic E-state index is 0.307. The predicted octanol–water partition coefficient (Wildman–Crippen LogP) is 0.507. The molecule has 0 fully saturated rings. The summed E-state index contributed by atoms with van der Waals surface area (Å²) in [6.07, 6.45) is 0. The Labute approximate surface area is 75.6 Å². The maximum Gasteiger partial charge on any atom is 0.354 e. The van der Waals surface area contributed by atoms with Crippen molar-refractivity contribution in [3.05, 3.63) is 30.3 Å². The van der Waals surface area contributed by atoms with Gasteiger partial charge in [-0.3, -0.25) is 9.52 Å². The summed E-state index contributed by atoms with van der Waals surface area (Å²) >= 11 is 0. The molecule has 0 unspecified atom stereocenters. The van der Waals surface area contributed by atoms with Crippen LogP contribution in [0.1, 0.15) is 0 Å². The van der Waals surface area contributed by atoms with Gasteiger partial charge < -0.3 is 5.73 Å². The minimum atomic E-state index is -4.06. The Balaban J connectivity index is 2.88. The molecule has 0 saturated heterocycles. The van der Waals surface area contributed by atoms with Crippen LogP contribution in [0.2, 0.25) is 0 Å². The van der Waals surface area contributed by atoms with Crippen LogP contribution in [0.25, 0.3) is 0 Å². The molecular formula is C7H8N2O3S. The first-order valence-corrected chi connectivity index (χ1v) is 4.88. The normalized spacial score (nSPS) is 10.8. The topological polar surface area (TPSA) is 89.3 Å². The second-order valence-electron chi connectivity index (χ2n) is 2.29. The van der Waals surface area contributed by atoms with Gasteiger partial charge in [-0.05, 0) is 12.1 Å². The van der Waals surface area contributed by atoms with E-state index < -0.39 is 15.3 Å². The van der Waals surface area contributed by atoms with Gasteiger partial charge in [-0.1, -0.05) is 18.2 Å².